The lowest BCUT2D eigenvalue weighted by Gasteiger charge is -2.37. The van der Waals surface area contributed by atoms with Gasteiger partial charge in [-0.25, -0.2) is 4.98 Å². The van der Waals surface area contributed by atoms with Gasteiger partial charge in [0.05, 0.1) is 11.0 Å². The van der Waals surface area contributed by atoms with Gasteiger partial charge < -0.3 is 14.6 Å². The van der Waals surface area contributed by atoms with Crippen LogP contribution in [0, 0.1) is 0 Å². The van der Waals surface area contributed by atoms with Gasteiger partial charge in [0.1, 0.15) is 6.04 Å². The minimum atomic E-state index is -0.755. The molecule has 0 bridgehead atoms. The summed E-state index contributed by atoms with van der Waals surface area (Å²) < 4.78 is 2.23. The fourth-order valence-electron chi connectivity index (χ4n) is 3.08. The van der Waals surface area contributed by atoms with Crippen molar-refractivity contribution in [2.75, 3.05) is 31.1 Å². The number of imidazole rings is 1. The number of anilines is 1. The molecule has 3 rings (SSSR count). The number of carboxylic acid groups (broad SMARTS) is 1. The zero-order chi connectivity index (χ0) is 15.7. The highest BCUT2D eigenvalue weighted by molar-refractivity contribution is 5.79. The largest absolute Gasteiger partial charge is 0.480 e. The van der Waals surface area contributed by atoms with Gasteiger partial charge in [-0.3, -0.25) is 9.69 Å². The van der Waals surface area contributed by atoms with Gasteiger partial charge in [-0.05, 0) is 26.0 Å². The molecule has 1 aliphatic heterocycles. The number of hydrogen-bond acceptors (Lipinski definition) is 4. The van der Waals surface area contributed by atoms with Crippen LogP contribution in [-0.4, -0.2) is 57.7 Å². The zero-order valence-corrected chi connectivity index (χ0v) is 13.1. The molecule has 1 fully saturated rings. The van der Waals surface area contributed by atoms with Crippen LogP contribution in [0.3, 0.4) is 0 Å². The van der Waals surface area contributed by atoms with Crippen LogP contribution in [0.15, 0.2) is 24.3 Å². The number of para-hydroxylation sites is 2. The average Bonchev–Trinajstić information content (AvgIpc) is 2.92. The summed E-state index contributed by atoms with van der Waals surface area (Å²) in [5, 5.41) is 9.12. The van der Waals surface area contributed by atoms with E-state index in [2.05, 4.69) is 22.5 Å². The highest BCUT2D eigenvalue weighted by atomic mass is 16.4. The number of hydrogen-bond donors (Lipinski definition) is 1. The molecule has 0 aliphatic carbocycles. The Kier molecular flexibility index (Phi) is 4.02. The number of aromatic nitrogens is 2. The van der Waals surface area contributed by atoms with Crippen molar-refractivity contribution in [3.8, 4) is 0 Å². The minimum absolute atomic E-state index is 0.424. The molecule has 2 aromatic rings. The van der Waals surface area contributed by atoms with Crippen LogP contribution in [0.2, 0.25) is 0 Å². The molecule has 0 spiro atoms. The summed E-state index contributed by atoms with van der Waals surface area (Å²) in [6.07, 6.45) is 0. The van der Waals surface area contributed by atoms with E-state index in [0.29, 0.717) is 0 Å². The first-order valence-electron chi connectivity index (χ1n) is 7.79. The Bertz CT molecular complexity index is 674. The summed E-state index contributed by atoms with van der Waals surface area (Å²) in [4.78, 5) is 20.1. The van der Waals surface area contributed by atoms with Crippen LogP contribution in [0.4, 0.5) is 5.95 Å². The second-order valence-electron chi connectivity index (χ2n) is 5.68. The third-order valence-electron chi connectivity index (χ3n) is 4.45. The molecule has 118 valence electrons. The van der Waals surface area contributed by atoms with Crippen molar-refractivity contribution in [2.24, 2.45) is 0 Å². The Balaban J connectivity index is 1.80. The van der Waals surface area contributed by atoms with Crippen molar-refractivity contribution in [3.05, 3.63) is 24.3 Å². The summed E-state index contributed by atoms with van der Waals surface area (Å²) in [6, 6.07) is 7.75. The van der Waals surface area contributed by atoms with Gasteiger partial charge in [-0.2, -0.15) is 0 Å². The normalized spacial score (nSPS) is 17.8. The van der Waals surface area contributed by atoms with E-state index in [-0.39, 0.29) is 0 Å². The van der Waals surface area contributed by atoms with Crippen molar-refractivity contribution in [1.29, 1.82) is 0 Å². The molecule has 1 aromatic carbocycles. The smallest absolute Gasteiger partial charge is 0.320 e. The Morgan fingerprint density at radius 3 is 2.59 bits per heavy atom. The van der Waals surface area contributed by atoms with Crippen LogP contribution in [-0.2, 0) is 11.3 Å². The van der Waals surface area contributed by atoms with Crippen molar-refractivity contribution < 1.29 is 9.90 Å². The van der Waals surface area contributed by atoms with Gasteiger partial charge in [0.2, 0.25) is 5.95 Å². The fourth-order valence-corrected chi connectivity index (χ4v) is 3.08. The molecule has 0 radical (unpaired) electrons. The standard InChI is InChI=1S/C16H22N4O2/c1-3-20-14-7-5-4-6-13(14)17-16(20)19-10-8-18(9-11-19)12(2)15(21)22/h4-7,12H,3,8-11H2,1-2H3,(H,21,22). The first kappa shape index (κ1) is 14.8. The number of nitrogens with zero attached hydrogens (tertiary/aromatic N) is 4. The lowest BCUT2D eigenvalue weighted by atomic mass is 10.2. The Morgan fingerprint density at radius 1 is 1.27 bits per heavy atom. The van der Waals surface area contributed by atoms with Crippen molar-refractivity contribution in [3.63, 3.8) is 0 Å². The summed E-state index contributed by atoms with van der Waals surface area (Å²) in [5.74, 6) is 0.237. The average molecular weight is 302 g/mol. The molecule has 22 heavy (non-hydrogen) atoms. The van der Waals surface area contributed by atoms with Crippen molar-refractivity contribution in [2.45, 2.75) is 26.4 Å². The molecular formula is C16H22N4O2. The topological polar surface area (TPSA) is 61.6 Å². The van der Waals surface area contributed by atoms with E-state index in [9.17, 15) is 4.79 Å². The maximum absolute atomic E-state index is 11.1. The number of fused-ring (bicyclic) bond motifs is 1. The molecule has 1 unspecified atom stereocenters. The highest BCUT2D eigenvalue weighted by Gasteiger charge is 2.27. The summed E-state index contributed by atoms with van der Waals surface area (Å²) in [6.45, 7) is 7.86. The number of piperazine rings is 1. The van der Waals surface area contributed by atoms with E-state index >= 15 is 0 Å². The Labute approximate surface area is 130 Å². The molecule has 1 aliphatic rings. The molecule has 6 nitrogen and oxygen atoms in total. The predicted molar refractivity (Wildman–Crippen MR) is 86.3 cm³/mol. The van der Waals surface area contributed by atoms with Gasteiger partial charge in [0, 0.05) is 32.7 Å². The fraction of sp³-hybridized carbons (Fsp3) is 0.500. The van der Waals surface area contributed by atoms with E-state index in [4.69, 9.17) is 10.1 Å². The number of carbonyl (C=O) groups is 1. The molecular weight excluding hydrogens is 280 g/mol. The molecule has 2 heterocycles. The molecule has 1 saturated heterocycles. The van der Waals surface area contributed by atoms with Gasteiger partial charge in [-0.15, -0.1) is 0 Å². The second-order valence-corrected chi connectivity index (χ2v) is 5.68. The first-order valence-corrected chi connectivity index (χ1v) is 7.79. The Morgan fingerprint density at radius 2 is 1.95 bits per heavy atom. The third kappa shape index (κ3) is 2.54. The van der Waals surface area contributed by atoms with E-state index < -0.39 is 12.0 Å². The molecule has 1 N–H and O–H groups in total. The number of aryl methyl sites for hydroxylation is 1. The maximum Gasteiger partial charge on any atom is 0.320 e. The number of carboxylic acids is 1. The maximum atomic E-state index is 11.1. The third-order valence-corrected chi connectivity index (χ3v) is 4.45. The second kappa shape index (κ2) is 5.96. The lowest BCUT2D eigenvalue weighted by Crippen LogP contribution is -2.52. The first-order chi connectivity index (χ1) is 10.6. The summed E-state index contributed by atoms with van der Waals surface area (Å²) in [7, 11) is 0. The number of benzene rings is 1. The Hall–Kier alpha value is -2.08. The van der Waals surface area contributed by atoms with E-state index in [1.807, 2.05) is 23.1 Å². The molecule has 1 atom stereocenters. The summed E-state index contributed by atoms with van der Waals surface area (Å²) >= 11 is 0. The molecule has 0 amide bonds. The van der Waals surface area contributed by atoms with Crippen LogP contribution in [0.5, 0.6) is 0 Å². The monoisotopic (exact) mass is 302 g/mol. The van der Waals surface area contributed by atoms with Crippen LogP contribution in [0.1, 0.15) is 13.8 Å². The lowest BCUT2D eigenvalue weighted by molar-refractivity contribution is -0.142. The van der Waals surface area contributed by atoms with E-state index in [1.165, 1.54) is 0 Å². The van der Waals surface area contributed by atoms with Crippen molar-refractivity contribution >= 4 is 23.0 Å². The predicted octanol–water partition coefficient (Wildman–Crippen LogP) is 1.65. The molecule has 0 saturated carbocycles. The number of aliphatic carboxylic acids is 1. The van der Waals surface area contributed by atoms with E-state index in [1.54, 1.807) is 6.92 Å². The summed E-state index contributed by atoms with van der Waals surface area (Å²) in [5.41, 5.74) is 2.17. The van der Waals surface area contributed by atoms with Crippen LogP contribution < -0.4 is 4.90 Å². The molecule has 1 aromatic heterocycles. The van der Waals surface area contributed by atoms with E-state index in [0.717, 1.165) is 49.7 Å². The van der Waals surface area contributed by atoms with Gasteiger partial charge >= 0.3 is 5.97 Å². The zero-order valence-electron chi connectivity index (χ0n) is 13.1. The van der Waals surface area contributed by atoms with Gasteiger partial charge in [0.15, 0.2) is 0 Å². The van der Waals surface area contributed by atoms with Crippen LogP contribution >= 0.6 is 0 Å². The van der Waals surface area contributed by atoms with Gasteiger partial charge in [-0.1, -0.05) is 12.1 Å². The SMILES string of the molecule is CCn1c(N2CCN(C(C)C(=O)O)CC2)nc2ccccc21. The highest BCUT2D eigenvalue weighted by Crippen LogP contribution is 2.23. The quantitative estimate of drug-likeness (QED) is 0.930. The van der Waals surface area contributed by atoms with Gasteiger partial charge in [0.25, 0.3) is 0 Å². The minimum Gasteiger partial charge on any atom is -0.480 e. The van der Waals surface area contributed by atoms with Crippen LogP contribution in [0.25, 0.3) is 11.0 Å². The number of rotatable bonds is 4. The van der Waals surface area contributed by atoms with Crippen molar-refractivity contribution in [1.82, 2.24) is 14.5 Å². The molecule has 6 heteroatoms.